The van der Waals surface area contributed by atoms with Crippen LogP contribution in [0.5, 0.6) is 0 Å². The van der Waals surface area contributed by atoms with E-state index in [-0.39, 0.29) is 12.6 Å². The molecule has 23 heavy (non-hydrogen) atoms. The molecule has 2 amide bonds. The van der Waals surface area contributed by atoms with Crippen LogP contribution in [0, 0.1) is 20.8 Å². The molecule has 1 aromatic carbocycles. The van der Waals surface area contributed by atoms with Crippen LogP contribution in [0.1, 0.15) is 32.7 Å². The van der Waals surface area contributed by atoms with Gasteiger partial charge in [0, 0.05) is 30.6 Å². The lowest BCUT2D eigenvalue weighted by Gasteiger charge is -2.14. The van der Waals surface area contributed by atoms with Gasteiger partial charge >= 0.3 is 6.03 Å². The van der Waals surface area contributed by atoms with E-state index in [0.717, 1.165) is 21.7 Å². The number of rotatable bonds is 6. The standard InChI is InChI=1S/C17H23N3O2S/c1-11-6-12(2)8-14(7-11)15(21)10-20-17(22)18-5-4-16-19-9-13(3)23-16/h6-9,15,21H,4-5,10H2,1-3H3,(H2,18,20,22). The highest BCUT2D eigenvalue weighted by atomic mass is 32.1. The third-order valence-corrected chi connectivity index (χ3v) is 4.35. The predicted molar refractivity (Wildman–Crippen MR) is 92.8 cm³/mol. The van der Waals surface area contributed by atoms with Gasteiger partial charge < -0.3 is 15.7 Å². The van der Waals surface area contributed by atoms with Crippen molar-refractivity contribution in [1.29, 1.82) is 0 Å². The molecule has 1 heterocycles. The first kappa shape index (κ1) is 17.4. The highest BCUT2D eigenvalue weighted by molar-refractivity contribution is 7.11. The van der Waals surface area contributed by atoms with Crippen LogP contribution in [0.15, 0.2) is 24.4 Å². The quantitative estimate of drug-likeness (QED) is 0.761. The van der Waals surface area contributed by atoms with Gasteiger partial charge in [-0.3, -0.25) is 0 Å². The molecule has 1 aromatic heterocycles. The average Bonchev–Trinajstić information content (AvgIpc) is 2.89. The minimum atomic E-state index is -0.707. The summed E-state index contributed by atoms with van der Waals surface area (Å²) in [5.41, 5.74) is 3.02. The largest absolute Gasteiger partial charge is 0.387 e. The van der Waals surface area contributed by atoms with Gasteiger partial charge in [0.25, 0.3) is 0 Å². The van der Waals surface area contributed by atoms with Crippen LogP contribution < -0.4 is 10.6 Å². The SMILES string of the molecule is Cc1cc(C)cc(C(O)CNC(=O)NCCc2ncc(C)s2)c1. The first-order valence-corrected chi connectivity index (χ1v) is 8.45. The van der Waals surface area contributed by atoms with E-state index < -0.39 is 6.10 Å². The maximum atomic E-state index is 11.8. The lowest BCUT2D eigenvalue weighted by Crippen LogP contribution is -2.38. The Hall–Kier alpha value is -1.92. The normalized spacial score (nSPS) is 12.0. The van der Waals surface area contributed by atoms with Crippen LogP contribution >= 0.6 is 11.3 Å². The number of carbonyl (C=O) groups excluding carboxylic acids is 1. The highest BCUT2D eigenvalue weighted by Crippen LogP contribution is 2.16. The summed E-state index contributed by atoms with van der Waals surface area (Å²) in [6, 6.07) is 5.64. The summed E-state index contributed by atoms with van der Waals surface area (Å²) in [6.45, 7) is 6.70. The third-order valence-electron chi connectivity index (χ3n) is 3.38. The Bertz CT molecular complexity index is 649. The number of aliphatic hydroxyl groups excluding tert-OH is 1. The van der Waals surface area contributed by atoms with Crippen LogP contribution in [-0.2, 0) is 6.42 Å². The van der Waals surface area contributed by atoms with Crippen molar-refractivity contribution in [2.75, 3.05) is 13.1 Å². The van der Waals surface area contributed by atoms with Gasteiger partial charge in [0.1, 0.15) is 0 Å². The molecule has 1 unspecified atom stereocenters. The molecule has 0 saturated heterocycles. The first-order valence-electron chi connectivity index (χ1n) is 7.63. The predicted octanol–water partition coefficient (Wildman–Crippen LogP) is 2.64. The smallest absolute Gasteiger partial charge is 0.314 e. The van der Waals surface area contributed by atoms with Crippen LogP contribution in [0.2, 0.25) is 0 Å². The number of aryl methyl sites for hydroxylation is 3. The van der Waals surface area contributed by atoms with Gasteiger partial charge in [0.15, 0.2) is 0 Å². The van der Waals surface area contributed by atoms with Gasteiger partial charge in [0.2, 0.25) is 0 Å². The van der Waals surface area contributed by atoms with E-state index in [1.54, 1.807) is 11.3 Å². The monoisotopic (exact) mass is 333 g/mol. The highest BCUT2D eigenvalue weighted by Gasteiger charge is 2.10. The molecular weight excluding hydrogens is 310 g/mol. The molecule has 1 atom stereocenters. The lowest BCUT2D eigenvalue weighted by atomic mass is 10.0. The zero-order chi connectivity index (χ0) is 16.8. The fourth-order valence-electron chi connectivity index (χ4n) is 2.37. The topological polar surface area (TPSA) is 74.2 Å². The Morgan fingerprint density at radius 1 is 1.22 bits per heavy atom. The minimum Gasteiger partial charge on any atom is -0.387 e. The van der Waals surface area contributed by atoms with Crippen molar-refractivity contribution >= 4 is 17.4 Å². The number of aromatic nitrogens is 1. The molecule has 3 N–H and O–H groups in total. The van der Waals surface area contributed by atoms with Gasteiger partial charge in [-0.05, 0) is 26.3 Å². The molecule has 2 rings (SSSR count). The van der Waals surface area contributed by atoms with E-state index >= 15 is 0 Å². The summed E-state index contributed by atoms with van der Waals surface area (Å²) in [7, 11) is 0. The van der Waals surface area contributed by atoms with Gasteiger partial charge in [-0.15, -0.1) is 11.3 Å². The molecule has 0 aliphatic carbocycles. The second-order valence-electron chi connectivity index (χ2n) is 5.69. The summed E-state index contributed by atoms with van der Waals surface area (Å²) in [6.07, 6.45) is 1.84. The van der Waals surface area contributed by atoms with E-state index in [4.69, 9.17) is 0 Å². The third kappa shape index (κ3) is 5.65. The molecular formula is C17H23N3O2S. The average molecular weight is 333 g/mol. The van der Waals surface area contributed by atoms with E-state index in [0.29, 0.717) is 13.0 Å². The van der Waals surface area contributed by atoms with Crippen molar-refractivity contribution in [3.63, 3.8) is 0 Å². The summed E-state index contributed by atoms with van der Waals surface area (Å²) in [5, 5.41) is 16.7. The van der Waals surface area contributed by atoms with Gasteiger partial charge in [-0.25, -0.2) is 9.78 Å². The zero-order valence-corrected chi connectivity index (χ0v) is 14.5. The number of hydrogen-bond acceptors (Lipinski definition) is 4. The van der Waals surface area contributed by atoms with Crippen molar-refractivity contribution in [3.8, 4) is 0 Å². The van der Waals surface area contributed by atoms with Crippen LogP contribution in [0.4, 0.5) is 4.79 Å². The first-order chi connectivity index (χ1) is 10.9. The van der Waals surface area contributed by atoms with Gasteiger partial charge in [-0.2, -0.15) is 0 Å². The molecule has 0 saturated carbocycles. The maximum absolute atomic E-state index is 11.8. The molecule has 0 radical (unpaired) electrons. The van der Waals surface area contributed by atoms with Crippen molar-refractivity contribution in [2.45, 2.75) is 33.3 Å². The lowest BCUT2D eigenvalue weighted by molar-refractivity contribution is 0.173. The molecule has 0 spiro atoms. The Morgan fingerprint density at radius 3 is 2.52 bits per heavy atom. The van der Waals surface area contributed by atoms with Crippen LogP contribution in [0.3, 0.4) is 0 Å². The fourth-order valence-corrected chi connectivity index (χ4v) is 3.16. The van der Waals surface area contributed by atoms with E-state index in [1.807, 2.05) is 39.1 Å². The summed E-state index contributed by atoms with van der Waals surface area (Å²) >= 11 is 1.63. The number of thiazole rings is 1. The Labute approximate surface area is 140 Å². The number of aliphatic hydroxyl groups is 1. The van der Waals surface area contributed by atoms with Crippen LogP contribution in [0.25, 0.3) is 0 Å². The second kappa shape index (κ2) is 8.08. The van der Waals surface area contributed by atoms with Gasteiger partial charge in [0.05, 0.1) is 11.1 Å². The number of amides is 2. The second-order valence-corrected chi connectivity index (χ2v) is 7.01. The molecule has 2 aromatic rings. The number of nitrogens with zero attached hydrogens (tertiary/aromatic N) is 1. The van der Waals surface area contributed by atoms with Crippen molar-refractivity contribution in [2.24, 2.45) is 0 Å². The fraction of sp³-hybridized carbons (Fsp3) is 0.412. The number of nitrogens with one attached hydrogen (secondary N) is 2. The van der Waals surface area contributed by atoms with Crippen molar-refractivity contribution in [3.05, 3.63) is 51.0 Å². The van der Waals surface area contributed by atoms with Crippen molar-refractivity contribution < 1.29 is 9.90 Å². The Balaban J connectivity index is 1.73. The molecule has 0 aliphatic heterocycles. The Morgan fingerprint density at radius 2 is 1.91 bits per heavy atom. The van der Waals surface area contributed by atoms with Crippen LogP contribution in [-0.4, -0.2) is 29.2 Å². The molecule has 0 fully saturated rings. The van der Waals surface area contributed by atoms with Crippen molar-refractivity contribution in [1.82, 2.24) is 15.6 Å². The van der Waals surface area contributed by atoms with Gasteiger partial charge in [-0.1, -0.05) is 29.3 Å². The Kier molecular flexibility index (Phi) is 6.12. The molecule has 0 aliphatic rings. The zero-order valence-electron chi connectivity index (χ0n) is 13.7. The number of hydrogen-bond donors (Lipinski definition) is 3. The number of urea groups is 1. The molecule has 6 heteroatoms. The summed E-state index contributed by atoms with van der Waals surface area (Å²) < 4.78 is 0. The number of benzene rings is 1. The molecule has 5 nitrogen and oxygen atoms in total. The molecule has 124 valence electrons. The van der Waals surface area contributed by atoms with E-state index in [1.165, 1.54) is 4.88 Å². The number of carbonyl (C=O) groups is 1. The minimum absolute atomic E-state index is 0.186. The summed E-state index contributed by atoms with van der Waals surface area (Å²) in [5.74, 6) is 0. The van der Waals surface area contributed by atoms with E-state index in [2.05, 4.69) is 21.7 Å². The molecule has 0 bridgehead atoms. The van der Waals surface area contributed by atoms with E-state index in [9.17, 15) is 9.90 Å². The maximum Gasteiger partial charge on any atom is 0.314 e. The summed E-state index contributed by atoms with van der Waals surface area (Å²) in [4.78, 5) is 17.2.